The van der Waals surface area contributed by atoms with E-state index >= 15 is 13.2 Å². The van der Waals surface area contributed by atoms with Crippen molar-refractivity contribution in [3.05, 3.63) is 218 Å². The largest absolute Gasteiger partial charge is 0.394 e. The van der Waals surface area contributed by atoms with Crippen LogP contribution in [0.15, 0.2) is 125 Å². The zero-order valence-electron chi connectivity index (χ0n) is 52.7. The monoisotopic (exact) mass is 1540 g/mol. The lowest BCUT2D eigenvalue weighted by molar-refractivity contribution is 0.00660. The number of benzene rings is 6. The van der Waals surface area contributed by atoms with Gasteiger partial charge in [-0.15, -0.1) is 0 Å². The molecule has 18 nitrogen and oxygen atoms in total. The topological polar surface area (TPSA) is 231 Å². The summed E-state index contributed by atoms with van der Waals surface area (Å²) >= 11 is 31.8. The molecule has 98 heavy (non-hydrogen) atoms. The van der Waals surface area contributed by atoms with E-state index in [0.29, 0.717) is 99.4 Å². The molecule has 0 spiro atoms. The Morgan fingerprint density at radius 1 is 0.643 bits per heavy atom. The Kier molecular flexibility index (Phi) is 26.5. The number of nitrogens with zero attached hydrogens (tertiary/aromatic N) is 8. The molecule has 6 aromatic carbocycles. The van der Waals surface area contributed by atoms with Crippen molar-refractivity contribution in [2.45, 2.75) is 89.9 Å². The van der Waals surface area contributed by atoms with Crippen LogP contribution >= 0.6 is 78.3 Å². The summed E-state index contributed by atoms with van der Waals surface area (Å²) in [4.78, 5) is 61.0. The number of aliphatic hydroxyl groups excluding tert-OH is 2. The highest BCUT2D eigenvalue weighted by molar-refractivity contribution is 9.10. The maximum atomic E-state index is 15.8. The molecule has 5 heterocycles. The molecule has 2 aliphatic rings. The molecule has 0 bridgehead atoms. The number of nitrogens with one attached hydrogen (secondary N) is 1. The van der Waals surface area contributed by atoms with Gasteiger partial charge in [0.05, 0.1) is 105 Å². The lowest BCUT2D eigenvalue weighted by atomic mass is 9.95. The molecule has 512 valence electrons. The van der Waals surface area contributed by atoms with Crippen LogP contribution in [0.2, 0.25) is 20.1 Å². The van der Waals surface area contributed by atoms with Crippen molar-refractivity contribution in [2.75, 3.05) is 52.9 Å². The number of unbranched alkanes of at least 4 members (excludes halogenated alkanes) is 1. The van der Waals surface area contributed by atoms with E-state index < -0.39 is 23.4 Å². The van der Waals surface area contributed by atoms with E-state index in [1.165, 1.54) is 6.33 Å². The van der Waals surface area contributed by atoms with Gasteiger partial charge in [0.1, 0.15) is 29.8 Å². The molecule has 2 fully saturated rings. The number of rotatable bonds is 27. The van der Waals surface area contributed by atoms with E-state index in [9.17, 15) is 14.4 Å². The Labute approximate surface area is 599 Å². The zero-order valence-corrected chi connectivity index (χ0v) is 58.9. The first-order chi connectivity index (χ1) is 47.4. The van der Waals surface area contributed by atoms with Gasteiger partial charge >= 0.3 is 0 Å². The third-order valence-electron chi connectivity index (χ3n) is 16.4. The number of Topliss-reactive ketones (excluding diaryl/α,β-unsaturated/α-hetero) is 2. The minimum atomic E-state index is -0.641. The van der Waals surface area contributed by atoms with Crippen LogP contribution in [0.5, 0.6) is 0 Å². The Morgan fingerprint density at radius 3 is 1.72 bits per heavy atom. The molecule has 1 unspecified atom stereocenters. The van der Waals surface area contributed by atoms with E-state index in [2.05, 4.69) is 63.3 Å². The van der Waals surface area contributed by atoms with Crippen molar-refractivity contribution in [1.82, 2.24) is 39.1 Å². The minimum Gasteiger partial charge on any atom is -0.394 e. The number of hydrogen-bond donors (Lipinski definition) is 3. The summed E-state index contributed by atoms with van der Waals surface area (Å²) in [5.41, 5.74) is 8.25. The summed E-state index contributed by atoms with van der Waals surface area (Å²) < 4.78 is 70.7. The second-order valence-corrected chi connectivity index (χ2v) is 26.8. The molecular weight excluding hydrogens is 1480 g/mol. The normalized spacial score (nSPS) is 13.7. The van der Waals surface area contributed by atoms with Gasteiger partial charge in [-0.3, -0.25) is 24.2 Å². The van der Waals surface area contributed by atoms with Crippen LogP contribution in [0.1, 0.15) is 115 Å². The number of aliphatic hydroxyl groups is 2. The van der Waals surface area contributed by atoms with Gasteiger partial charge in [0.15, 0.2) is 29.0 Å². The number of amides is 1. The number of ketones is 2. The van der Waals surface area contributed by atoms with Crippen molar-refractivity contribution in [2.24, 2.45) is 5.92 Å². The molecule has 1 aliphatic heterocycles. The maximum absolute atomic E-state index is 15.8. The van der Waals surface area contributed by atoms with Gasteiger partial charge in [0, 0.05) is 102 Å². The van der Waals surface area contributed by atoms with Gasteiger partial charge in [0.2, 0.25) is 0 Å². The highest BCUT2D eigenvalue weighted by Gasteiger charge is 2.28. The molecule has 1 saturated carbocycles. The average Bonchev–Trinajstić information content (AvgIpc) is 1.51. The predicted molar refractivity (Wildman–Crippen MR) is 375 cm³/mol. The lowest BCUT2D eigenvalue weighted by Gasteiger charge is -2.23. The number of carbonyl (C=O) groups excluding carboxylic acids is 3. The van der Waals surface area contributed by atoms with Crippen LogP contribution in [-0.2, 0) is 57.9 Å². The summed E-state index contributed by atoms with van der Waals surface area (Å²) in [5.74, 6) is -2.45. The predicted octanol–water partition coefficient (Wildman–Crippen LogP) is 15.2. The summed E-state index contributed by atoms with van der Waals surface area (Å²) in [7, 11) is 0. The van der Waals surface area contributed by atoms with E-state index in [0.717, 1.165) is 52.3 Å². The van der Waals surface area contributed by atoms with E-state index in [-0.39, 0.29) is 127 Å². The van der Waals surface area contributed by atoms with E-state index in [4.69, 9.17) is 80.9 Å². The smallest absolute Gasteiger partial charge is 0.275 e. The average molecular weight is 1550 g/mol. The number of aryl methyl sites for hydroxylation is 1. The van der Waals surface area contributed by atoms with Crippen LogP contribution in [0.4, 0.5) is 13.2 Å². The van der Waals surface area contributed by atoms with Crippen molar-refractivity contribution in [3.8, 4) is 6.07 Å². The zero-order chi connectivity index (χ0) is 69.4. The van der Waals surface area contributed by atoms with Crippen molar-refractivity contribution in [3.63, 3.8) is 0 Å². The summed E-state index contributed by atoms with van der Waals surface area (Å²) in [6.45, 7) is 1.76. The van der Waals surface area contributed by atoms with Gasteiger partial charge in [-0.1, -0.05) is 103 Å². The van der Waals surface area contributed by atoms with Crippen molar-refractivity contribution >= 4 is 129 Å². The molecule has 3 N–H and O–H groups in total. The molecule has 0 radical (unpaired) electrons. The molecule has 12 rings (SSSR count). The number of pyridine rings is 1. The Morgan fingerprint density at radius 2 is 1.18 bits per heavy atom. The molecule has 1 atom stereocenters. The van der Waals surface area contributed by atoms with Gasteiger partial charge in [0.25, 0.3) is 5.91 Å². The summed E-state index contributed by atoms with van der Waals surface area (Å²) in [6, 6.07) is 28.2. The number of hydroxylamine groups is 1. The first-order valence-electron chi connectivity index (χ1n) is 31.5. The number of nitriles is 1. The number of fused-ring (bicyclic) bond motifs is 3. The first kappa shape index (κ1) is 73.6. The van der Waals surface area contributed by atoms with Crippen LogP contribution in [0.25, 0.3) is 33.1 Å². The number of imidazole rings is 3. The fourth-order valence-electron chi connectivity index (χ4n) is 11.2. The van der Waals surface area contributed by atoms with Crippen LogP contribution < -0.4 is 5.48 Å². The van der Waals surface area contributed by atoms with Gasteiger partial charge < -0.3 is 38.1 Å². The number of carbonyl (C=O) groups is 3. The Bertz CT molecular complexity index is 4550. The molecule has 27 heteroatoms. The highest BCUT2D eigenvalue weighted by Crippen LogP contribution is 2.35. The number of hydrogen-bond acceptors (Lipinski definition) is 14. The molecule has 1 saturated heterocycles. The number of halogens is 9. The van der Waals surface area contributed by atoms with Crippen LogP contribution in [0, 0.1) is 34.7 Å². The molecule has 4 aromatic heterocycles. The van der Waals surface area contributed by atoms with E-state index in [1.54, 1.807) is 88.6 Å². The third kappa shape index (κ3) is 18.8. The Hall–Kier alpha value is -7.15. The van der Waals surface area contributed by atoms with Crippen LogP contribution in [0.3, 0.4) is 0 Å². The molecule has 1 aliphatic carbocycles. The third-order valence-corrected chi connectivity index (χ3v) is 18.7. The van der Waals surface area contributed by atoms with Gasteiger partial charge in [-0.25, -0.2) is 33.6 Å². The molecular formula is C71H66Br2Cl4F3N9O9. The fourth-order valence-corrected chi connectivity index (χ4v) is 13.2. The SMILES string of the molecule is N#CCCCn1cnc2c(F)c(Cc3ccc(Br)cc3Cl)c(C(=O)COCC3CC3)cc21.O=C(COCCO)c1cc2c(ncn2CC2CCCCO2)c(F)c1Cc1ccc(Cl)cc1Cl.O=C(NOCCO)c1cc2c(ncn2Cc2ccccn2)c(F)c1Cc1ccc(Br)cc1Cl. The Balaban J connectivity index is 0.000000159. The van der Waals surface area contributed by atoms with Gasteiger partial charge in [-0.2, -0.15) is 5.26 Å². The maximum Gasteiger partial charge on any atom is 0.275 e. The van der Waals surface area contributed by atoms with Crippen molar-refractivity contribution in [1.29, 1.82) is 5.26 Å². The van der Waals surface area contributed by atoms with Crippen LogP contribution in [-0.4, -0.2) is 120 Å². The quantitative estimate of drug-likeness (QED) is 0.0247. The van der Waals surface area contributed by atoms with Crippen molar-refractivity contribution < 1.29 is 56.8 Å². The lowest BCUT2D eigenvalue weighted by Crippen LogP contribution is -2.26. The van der Waals surface area contributed by atoms with Gasteiger partial charge in [-0.05, 0) is 128 Å². The fraction of sp³-hybridized carbons (Fsp3) is 0.324. The van der Waals surface area contributed by atoms with E-state index in [1.807, 2.05) is 34.9 Å². The second-order valence-electron chi connectivity index (χ2n) is 23.4. The standard InChI is InChI=1S/C24H22BrClFN3O2.C24H25Cl2FN2O4.C23H19BrClFN4O3/c25-17-6-5-16(20(26)10-17)9-19-18(22(31)13-32-12-15-3-4-15)11-21-24(23(19)27)29-14-30(21)8-2-1-7-28;25-16-5-4-15(20(26)10-16)9-19-18(22(31)13-32-8-6-30)11-21-24(23(19)27)28-14-29(21)12-17-3-1-2-7-33-17;24-15-5-4-14(19(25)10-15)9-17-18(23(32)29-33-8-7-31)11-20-22(21(17)26)28-13-30(20)12-16-3-1-2-6-27-16/h5-6,10-11,14-15H,1-4,8-9,12-13H2;4-5,10-11,14,17,30H,1-3,6-9,12-13H2;1-6,10-11,13,31H,7-9,12H2,(H,29,32). The molecule has 1 amide bonds. The number of aromatic nitrogens is 7. The highest BCUT2D eigenvalue weighted by atomic mass is 79.9. The number of ether oxygens (including phenoxy) is 3. The second kappa shape index (κ2) is 35.3. The minimum absolute atomic E-state index is 0.0196. The summed E-state index contributed by atoms with van der Waals surface area (Å²) in [5, 5.41) is 28.5. The molecule has 10 aromatic rings. The first-order valence-corrected chi connectivity index (χ1v) is 34.6. The summed E-state index contributed by atoms with van der Waals surface area (Å²) in [6.07, 6.45) is 13.0.